The van der Waals surface area contributed by atoms with Crippen molar-refractivity contribution < 1.29 is 9.90 Å². The van der Waals surface area contributed by atoms with Crippen LogP contribution < -0.4 is 9.80 Å². The summed E-state index contributed by atoms with van der Waals surface area (Å²) in [6.07, 6.45) is 5.70. The number of aliphatic hydroxyl groups is 1. The molecule has 3 aliphatic rings. The van der Waals surface area contributed by atoms with Gasteiger partial charge in [0.25, 0.3) is 5.91 Å². The SMILES string of the molecule is Cc1cc(C(=O)N2CC(C)(O)C2)nnc1N1CCc2ncc(N3CCCn4nccc43)cc2C1. The Morgan fingerprint density at radius 2 is 2.00 bits per heavy atom. The molecule has 0 bridgehead atoms. The summed E-state index contributed by atoms with van der Waals surface area (Å²) >= 11 is 0. The number of β-amino-alcohol motifs (C(OH)–C–C–N with tert-alkyl or cyclic N) is 1. The molecule has 0 atom stereocenters. The lowest BCUT2D eigenvalue weighted by atomic mass is 9.96. The van der Waals surface area contributed by atoms with Crippen LogP contribution in [0.4, 0.5) is 17.3 Å². The Morgan fingerprint density at radius 1 is 1.15 bits per heavy atom. The first kappa shape index (κ1) is 21.0. The molecule has 1 saturated heterocycles. The van der Waals surface area contributed by atoms with Crippen molar-refractivity contribution in [2.75, 3.05) is 36.0 Å². The maximum atomic E-state index is 12.7. The number of likely N-dealkylation sites (tertiary alicyclic amines) is 1. The van der Waals surface area contributed by atoms with Crippen LogP contribution in [0.15, 0.2) is 30.6 Å². The molecule has 1 amide bonds. The molecule has 10 heteroatoms. The van der Waals surface area contributed by atoms with Gasteiger partial charge in [0, 0.05) is 44.4 Å². The molecular formula is C24H28N8O2. The molecular weight excluding hydrogens is 432 g/mol. The van der Waals surface area contributed by atoms with E-state index < -0.39 is 5.60 Å². The third kappa shape index (κ3) is 3.58. The zero-order chi connectivity index (χ0) is 23.4. The molecule has 3 aromatic heterocycles. The fraction of sp³-hybridized carbons (Fsp3) is 0.458. The largest absolute Gasteiger partial charge is 0.386 e. The van der Waals surface area contributed by atoms with Gasteiger partial charge in [0.2, 0.25) is 0 Å². The zero-order valence-electron chi connectivity index (χ0n) is 19.5. The molecule has 0 radical (unpaired) electrons. The van der Waals surface area contributed by atoms with E-state index in [-0.39, 0.29) is 5.91 Å². The zero-order valence-corrected chi connectivity index (χ0v) is 19.5. The maximum Gasteiger partial charge on any atom is 0.274 e. The molecule has 6 rings (SSSR count). The molecule has 3 aliphatic heterocycles. The van der Waals surface area contributed by atoms with Gasteiger partial charge in [-0.05, 0) is 43.5 Å². The van der Waals surface area contributed by atoms with Crippen molar-refractivity contribution in [3.63, 3.8) is 0 Å². The number of aryl methyl sites for hydroxylation is 2. The lowest BCUT2D eigenvalue weighted by molar-refractivity contribution is -0.0671. The van der Waals surface area contributed by atoms with Gasteiger partial charge in [-0.2, -0.15) is 5.10 Å². The molecule has 1 fully saturated rings. The third-order valence-corrected chi connectivity index (χ3v) is 6.89. The number of carbonyl (C=O) groups excluding carboxylic acids is 1. The number of hydrogen-bond donors (Lipinski definition) is 1. The summed E-state index contributed by atoms with van der Waals surface area (Å²) in [5, 5.41) is 23.0. The van der Waals surface area contributed by atoms with Crippen molar-refractivity contribution in [1.29, 1.82) is 0 Å². The standard InChI is InChI=1S/C24H28N8O2/c1-16-10-20(23(33)30-14-24(2,34)15-30)27-28-22(16)29-9-5-19-17(13-29)11-18(12-25-19)31-7-3-8-32-21(31)4-6-26-32/h4,6,10-12,34H,3,5,7-9,13-15H2,1-2H3. The number of amides is 1. The Kier molecular flexibility index (Phi) is 4.80. The van der Waals surface area contributed by atoms with Gasteiger partial charge in [-0.3, -0.25) is 9.78 Å². The van der Waals surface area contributed by atoms with E-state index in [0.717, 1.165) is 61.1 Å². The third-order valence-electron chi connectivity index (χ3n) is 6.89. The number of aromatic nitrogens is 5. The molecule has 10 nitrogen and oxygen atoms in total. The van der Waals surface area contributed by atoms with E-state index in [2.05, 4.69) is 31.2 Å². The van der Waals surface area contributed by atoms with Crippen LogP contribution in [0.1, 0.15) is 40.7 Å². The Hall–Kier alpha value is -3.53. The molecule has 1 N–H and O–H groups in total. The minimum absolute atomic E-state index is 0.188. The summed E-state index contributed by atoms with van der Waals surface area (Å²) < 4.78 is 2.04. The van der Waals surface area contributed by atoms with E-state index in [9.17, 15) is 9.90 Å². The van der Waals surface area contributed by atoms with Gasteiger partial charge in [-0.1, -0.05) is 0 Å². The van der Waals surface area contributed by atoms with Gasteiger partial charge < -0.3 is 19.8 Å². The van der Waals surface area contributed by atoms with E-state index >= 15 is 0 Å². The van der Waals surface area contributed by atoms with Crippen molar-refractivity contribution in [3.8, 4) is 0 Å². The first-order chi connectivity index (χ1) is 16.4. The summed E-state index contributed by atoms with van der Waals surface area (Å²) in [7, 11) is 0. The number of anilines is 3. The summed E-state index contributed by atoms with van der Waals surface area (Å²) in [6.45, 7) is 7.72. The van der Waals surface area contributed by atoms with Gasteiger partial charge in [0.15, 0.2) is 11.5 Å². The molecule has 0 unspecified atom stereocenters. The number of rotatable bonds is 3. The Morgan fingerprint density at radius 3 is 2.79 bits per heavy atom. The van der Waals surface area contributed by atoms with Crippen LogP contribution in [-0.4, -0.2) is 72.7 Å². The number of fused-ring (bicyclic) bond motifs is 2. The van der Waals surface area contributed by atoms with Crippen molar-refractivity contribution in [1.82, 2.24) is 29.9 Å². The van der Waals surface area contributed by atoms with Gasteiger partial charge in [0.1, 0.15) is 5.82 Å². The quantitative estimate of drug-likeness (QED) is 0.630. The molecule has 6 heterocycles. The highest BCUT2D eigenvalue weighted by Gasteiger charge is 2.40. The minimum Gasteiger partial charge on any atom is -0.386 e. The predicted octanol–water partition coefficient (Wildman–Crippen LogP) is 1.69. The molecule has 0 aliphatic carbocycles. The van der Waals surface area contributed by atoms with Crippen molar-refractivity contribution >= 4 is 23.2 Å². The summed E-state index contributed by atoms with van der Waals surface area (Å²) in [5.41, 5.74) is 3.81. The average molecular weight is 461 g/mol. The number of pyridine rings is 1. The first-order valence-corrected chi connectivity index (χ1v) is 11.8. The van der Waals surface area contributed by atoms with E-state index in [4.69, 9.17) is 4.98 Å². The van der Waals surface area contributed by atoms with Gasteiger partial charge >= 0.3 is 0 Å². The van der Waals surface area contributed by atoms with Gasteiger partial charge in [0.05, 0.1) is 36.8 Å². The summed E-state index contributed by atoms with van der Waals surface area (Å²) in [6, 6.07) is 6.08. The second kappa shape index (κ2) is 7.76. The fourth-order valence-corrected chi connectivity index (χ4v) is 5.20. The van der Waals surface area contributed by atoms with Crippen LogP contribution in [0.25, 0.3) is 0 Å². The number of nitrogens with zero attached hydrogens (tertiary/aromatic N) is 8. The lowest BCUT2D eigenvalue weighted by Crippen LogP contribution is -2.61. The highest BCUT2D eigenvalue weighted by Crippen LogP contribution is 2.32. The van der Waals surface area contributed by atoms with E-state index in [1.807, 2.05) is 30.1 Å². The number of hydrogen-bond acceptors (Lipinski definition) is 8. The maximum absolute atomic E-state index is 12.7. The highest BCUT2D eigenvalue weighted by atomic mass is 16.3. The predicted molar refractivity (Wildman–Crippen MR) is 126 cm³/mol. The monoisotopic (exact) mass is 460 g/mol. The number of carbonyl (C=O) groups is 1. The highest BCUT2D eigenvalue weighted by molar-refractivity contribution is 5.93. The van der Waals surface area contributed by atoms with E-state index in [0.29, 0.717) is 25.3 Å². The second-order valence-electron chi connectivity index (χ2n) is 9.78. The minimum atomic E-state index is -0.806. The van der Waals surface area contributed by atoms with Crippen LogP contribution >= 0.6 is 0 Å². The molecule has 0 saturated carbocycles. The molecule has 34 heavy (non-hydrogen) atoms. The van der Waals surface area contributed by atoms with E-state index in [1.165, 1.54) is 5.56 Å². The Bertz CT molecular complexity index is 1260. The topological polar surface area (TPSA) is 104 Å². The van der Waals surface area contributed by atoms with Crippen LogP contribution in [0.3, 0.4) is 0 Å². The fourth-order valence-electron chi connectivity index (χ4n) is 5.20. The smallest absolute Gasteiger partial charge is 0.274 e. The van der Waals surface area contributed by atoms with Crippen molar-refractivity contribution in [2.45, 2.75) is 45.4 Å². The van der Waals surface area contributed by atoms with Crippen molar-refractivity contribution in [3.05, 3.63) is 53.1 Å². The molecule has 3 aromatic rings. The van der Waals surface area contributed by atoms with Gasteiger partial charge in [-0.15, -0.1) is 10.2 Å². The molecule has 0 aromatic carbocycles. The van der Waals surface area contributed by atoms with Crippen LogP contribution in [-0.2, 0) is 19.5 Å². The van der Waals surface area contributed by atoms with Crippen LogP contribution in [0.5, 0.6) is 0 Å². The summed E-state index contributed by atoms with van der Waals surface area (Å²) in [4.78, 5) is 23.5. The molecule has 0 spiro atoms. The van der Waals surface area contributed by atoms with Crippen LogP contribution in [0.2, 0.25) is 0 Å². The average Bonchev–Trinajstić information content (AvgIpc) is 3.30. The van der Waals surface area contributed by atoms with E-state index in [1.54, 1.807) is 17.9 Å². The Balaban J connectivity index is 1.22. The van der Waals surface area contributed by atoms with Crippen LogP contribution in [0, 0.1) is 6.92 Å². The first-order valence-electron chi connectivity index (χ1n) is 11.8. The second-order valence-corrected chi connectivity index (χ2v) is 9.78. The summed E-state index contributed by atoms with van der Waals surface area (Å²) in [5.74, 6) is 1.71. The van der Waals surface area contributed by atoms with Gasteiger partial charge in [-0.25, -0.2) is 4.68 Å². The normalized spacial score (nSPS) is 18.9. The van der Waals surface area contributed by atoms with Crippen molar-refractivity contribution in [2.24, 2.45) is 0 Å². The lowest BCUT2D eigenvalue weighted by Gasteiger charge is -2.43. The molecule has 176 valence electrons. The Labute approximate surface area is 197 Å².